The molecule has 2 aromatic rings. The van der Waals surface area contributed by atoms with E-state index in [2.05, 4.69) is 41.5 Å². The van der Waals surface area contributed by atoms with E-state index in [4.69, 9.17) is 10.7 Å². The maximum Gasteiger partial charge on any atom is 0.151 e. The maximum absolute atomic E-state index is 6.05. The van der Waals surface area contributed by atoms with Crippen LogP contribution in [0.25, 0.3) is 5.65 Å². The van der Waals surface area contributed by atoms with Gasteiger partial charge in [-0.05, 0) is 38.3 Å². The van der Waals surface area contributed by atoms with Crippen molar-refractivity contribution < 1.29 is 0 Å². The molecule has 0 amide bonds. The monoisotopic (exact) mass is 272 g/mol. The molecule has 0 radical (unpaired) electrons. The zero-order valence-electron chi connectivity index (χ0n) is 12.4. The highest BCUT2D eigenvalue weighted by molar-refractivity contribution is 5.57. The molecular weight excluding hydrogens is 248 g/mol. The van der Waals surface area contributed by atoms with Gasteiger partial charge in [0.05, 0.1) is 5.69 Å². The first-order valence-electron chi connectivity index (χ1n) is 7.69. The number of rotatable bonds is 4. The van der Waals surface area contributed by atoms with Crippen molar-refractivity contribution >= 4 is 11.5 Å². The molecule has 2 unspecified atom stereocenters. The number of fused-ring (bicyclic) bond motifs is 1. The lowest BCUT2D eigenvalue weighted by Crippen LogP contribution is -2.30. The lowest BCUT2D eigenvalue weighted by atomic mass is 10.1. The van der Waals surface area contributed by atoms with E-state index in [1.807, 2.05) is 6.07 Å². The van der Waals surface area contributed by atoms with Crippen LogP contribution in [0.2, 0.25) is 0 Å². The number of aromatic nitrogens is 2. The van der Waals surface area contributed by atoms with Crippen LogP contribution in [-0.2, 0) is 6.42 Å². The number of imidazole rings is 1. The number of hydrogen-bond donors (Lipinski definition) is 1. The Morgan fingerprint density at radius 3 is 3.05 bits per heavy atom. The van der Waals surface area contributed by atoms with Gasteiger partial charge in [0.25, 0.3) is 0 Å². The summed E-state index contributed by atoms with van der Waals surface area (Å²) in [6.45, 7) is 5.45. The van der Waals surface area contributed by atoms with Gasteiger partial charge in [-0.3, -0.25) is 0 Å². The molecule has 1 saturated heterocycles. The third-order valence-corrected chi connectivity index (χ3v) is 4.24. The third kappa shape index (κ3) is 2.29. The van der Waals surface area contributed by atoms with E-state index in [-0.39, 0.29) is 6.04 Å². The minimum atomic E-state index is 0.150. The van der Waals surface area contributed by atoms with Crippen LogP contribution in [0.4, 0.5) is 5.82 Å². The van der Waals surface area contributed by atoms with Crippen molar-refractivity contribution in [2.24, 2.45) is 5.73 Å². The first-order valence-corrected chi connectivity index (χ1v) is 7.69. The molecule has 3 heterocycles. The van der Waals surface area contributed by atoms with Crippen molar-refractivity contribution in [3.05, 3.63) is 30.1 Å². The minimum absolute atomic E-state index is 0.150. The van der Waals surface area contributed by atoms with E-state index in [0.717, 1.165) is 24.4 Å². The van der Waals surface area contributed by atoms with Crippen molar-refractivity contribution in [1.29, 1.82) is 0 Å². The molecule has 3 rings (SSSR count). The van der Waals surface area contributed by atoms with E-state index in [1.54, 1.807) is 0 Å². The van der Waals surface area contributed by atoms with Crippen LogP contribution in [-0.4, -0.2) is 28.0 Å². The highest BCUT2D eigenvalue weighted by Crippen LogP contribution is 2.30. The SMILES string of the molecule is CCC1CCCN1c1nc2ccccn2c1CC(C)N. The van der Waals surface area contributed by atoms with Crippen molar-refractivity contribution in [1.82, 2.24) is 9.38 Å². The molecule has 4 nitrogen and oxygen atoms in total. The second kappa shape index (κ2) is 5.44. The van der Waals surface area contributed by atoms with Gasteiger partial charge in [-0.25, -0.2) is 4.98 Å². The Morgan fingerprint density at radius 2 is 2.30 bits per heavy atom. The molecule has 2 atom stereocenters. The number of anilines is 1. The van der Waals surface area contributed by atoms with Gasteiger partial charge in [0, 0.05) is 31.2 Å². The fraction of sp³-hybridized carbons (Fsp3) is 0.562. The van der Waals surface area contributed by atoms with Crippen molar-refractivity contribution in [2.45, 2.75) is 51.6 Å². The molecule has 20 heavy (non-hydrogen) atoms. The van der Waals surface area contributed by atoms with E-state index in [9.17, 15) is 0 Å². The molecule has 1 aliphatic rings. The molecule has 0 aliphatic carbocycles. The van der Waals surface area contributed by atoms with E-state index >= 15 is 0 Å². The molecule has 0 aromatic carbocycles. The predicted molar refractivity (Wildman–Crippen MR) is 83.2 cm³/mol. The van der Waals surface area contributed by atoms with Gasteiger partial charge in [-0.15, -0.1) is 0 Å². The average molecular weight is 272 g/mol. The molecule has 0 saturated carbocycles. The molecule has 4 heteroatoms. The second-order valence-electron chi connectivity index (χ2n) is 5.89. The van der Waals surface area contributed by atoms with Crippen LogP contribution in [0.15, 0.2) is 24.4 Å². The second-order valence-corrected chi connectivity index (χ2v) is 5.89. The zero-order valence-corrected chi connectivity index (χ0v) is 12.4. The molecular formula is C16H24N4. The fourth-order valence-corrected chi connectivity index (χ4v) is 3.30. The minimum Gasteiger partial charge on any atom is -0.352 e. The molecule has 0 spiro atoms. The van der Waals surface area contributed by atoms with E-state index in [1.165, 1.54) is 25.0 Å². The Bertz CT molecular complexity index is 587. The smallest absolute Gasteiger partial charge is 0.151 e. The van der Waals surface area contributed by atoms with Gasteiger partial charge in [0.2, 0.25) is 0 Å². The summed E-state index contributed by atoms with van der Waals surface area (Å²) in [5.74, 6) is 1.15. The fourth-order valence-electron chi connectivity index (χ4n) is 3.30. The standard InChI is InChI=1S/C16H24N4/c1-3-13-7-6-10-19(13)16-14(11-12(2)17)20-9-5-4-8-15(20)18-16/h4-5,8-9,12-13H,3,6-7,10-11,17H2,1-2H3. The topological polar surface area (TPSA) is 46.6 Å². The van der Waals surface area contributed by atoms with Gasteiger partial charge in [0.1, 0.15) is 5.65 Å². The highest BCUT2D eigenvalue weighted by Gasteiger charge is 2.28. The molecule has 108 valence electrons. The summed E-state index contributed by atoms with van der Waals surface area (Å²) in [6, 6.07) is 6.96. The Labute approximate surface area is 120 Å². The van der Waals surface area contributed by atoms with Crippen LogP contribution in [0.1, 0.15) is 38.8 Å². The first kappa shape index (κ1) is 13.4. The molecule has 0 bridgehead atoms. The summed E-state index contributed by atoms with van der Waals surface area (Å²) < 4.78 is 2.20. The summed E-state index contributed by atoms with van der Waals surface area (Å²) in [4.78, 5) is 7.37. The molecule has 1 aliphatic heterocycles. The average Bonchev–Trinajstić information content (AvgIpc) is 3.02. The Hall–Kier alpha value is -1.55. The summed E-state index contributed by atoms with van der Waals surface area (Å²) in [5, 5.41) is 0. The van der Waals surface area contributed by atoms with Crippen molar-refractivity contribution in [2.75, 3.05) is 11.4 Å². The predicted octanol–water partition coefficient (Wildman–Crippen LogP) is 2.60. The lowest BCUT2D eigenvalue weighted by Gasteiger charge is -2.25. The van der Waals surface area contributed by atoms with E-state index in [0.29, 0.717) is 6.04 Å². The molecule has 2 aromatic heterocycles. The Kier molecular flexibility index (Phi) is 3.66. The first-order chi connectivity index (χ1) is 9.70. The third-order valence-electron chi connectivity index (χ3n) is 4.24. The van der Waals surface area contributed by atoms with Crippen molar-refractivity contribution in [3.8, 4) is 0 Å². The van der Waals surface area contributed by atoms with Gasteiger partial charge in [-0.1, -0.05) is 13.0 Å². The van der Waals surface area contributed by atoms with Gasteiger partial charge >= 0.3 is 0 Å². The van der Waals surface area contributed by atoms with Crippen LogP contribution >= 0.6 is 0 Å². The highest BCUT2D eigenvalue weighted by atomic mass is 15.3. The van der Waals surface area contributed by atoms with Gasteiger partial charge in [0.15, 0.2) is 5.82 Å². The van der Waals surface area contributed by atoms with Crippen LogP contribution < -0.4 is 10.6 Å². The number of nitrogens with zero attached hydrogens (tertiary/aromatic N) is 3. The van der Waals surface area contributed by atoms with Gasteiger partial charge < -0.3 is 15.0 Å². The number of nitrogens with two attached hydrogens (primary N) is 1. The normalized spacial score (nSPS) is 20.8. The van der Waals surface area contributed by atoms with Crippen LogP contribution in [0.5, 0.6) is 0 Å². The summed E-state index contributed by atoms with van der Waals surface area (Å²) >= 11 is 0. The Balaban J connectivity index is 2.08. The lowest BCUT2D eigenvalue weighted by molar-refractivity contribution is 0.635. The number of pyridine rings is 1. The van der Waals surface area contributed by atoms with E-state index < -0.39 is 0 Å². The van der Waals surface area contributed by atoms with Crippen LogP contribution in [0, 0.1) is 0 Å². The molecule has 1 fully saturated rings. The van der Waals surface area contributed by atoms with Crippen LogP contribution in [0.3, 0.4) is 0 Å². The number of hydrogen-bond acceptors (Lipinski definition) is 3. The maximum atomic E-state index is 6.05. The van der Waals surface area contributed by atoms with Crippen molar-refractivity contribution in [3.63, 3.8) is 0 Å². The summed E-state index contributed by atoms with van der Waals surface area (Å²) in [5.41, 5.74) is 8.34. The largest absolute Gasteiger partial charge is 0.352 e. The molecule has 2 N–H and O–H groups in total. The van der Waals surface area contributed by atoms with Gasteiger partial charge in [-0.2, -0.15) is 0 Å². The quantitative estimate of drug-likeness (QED) is 0.930. The summed E-state index contributed by atoms with van der Waals surface area (Å²) in [7, 11) is 0. The zero-order chi connectivity index (χ0) is 14.1. The Morgan fingerprint density at radius 1 is 1.45 bits per heavy atom. The summed E-state index contributed by atoms with van der Waals surface area (Å²) in [6.07, 6.45) is 6.70.